The molecule has 0 aromatic heterocycles. The maximum atomic E-state index is 11.7. The maximum absolute atomic E-state index is 11.7. The topological polar surface area (TPSA) is 49.8 Å². The van der Waals surface area contributed by atoms with Crippen LogP contribution in [0.3, 0.4) is 0 Å². The quantitative estimate of drug-likeness (QED) is 0.872. The molecule has 1 aromatic carbocycles. The smallest absolute Gasteiger partial charge is 0.161 e. The summed E-state index contributed by atoms with van der Waals surface area (Å²) in [6.45, 7) is 4.91. The summed E-state index contributed by atoms with van der Waals surface area (Å²) in [4.78, 5) is 14.1. The molecule has 0 bridgehead atoms. The average molecular weight is 380 g/mol. The minimum atomic E-state index is 0.143. The van der Waals surface area contributed by atoms with Gasteiger partial charge in [0, 0.05) is 24.0 Å². The number of halogens is 1. The normalized spacial score (nSPS) is 27.8. The molecule has 1 fully saturated rings. The first-order chi connectivity index (χ1) is 10.9. The van der Waals surface area contributed by atoms with Crippen molar-refractivity contribution >= 4 is 21.7 Å². The highest BCUT2D eigenvalue weighted by Gasteiger charge is 2.40. The number of methoxy groups -OCH3 is 1. The molecule has 0 saturated carbocycles. The molecule has 3 rings (SSSR count). The molecular formula is C18H22BrNO3. The Hall–Kier alpha value is -1.33. The van der Waals surface area contributed by atoms with Gasteiger partial charge in [0.25, 0.3) is 0 Å². The molecule has 0 radical (unpaired) electrons. The van der Waals surface area contributed by atoms with Crippen molar-refractivity contribution in [1.82, 2.24) is 4.90 Å². The van der Waals surface area contributed by atoms with Gasteiger partial charge in [-0.1, -0.05) is 28.9 Å². The second-order valence-electron chi connectivity index (χ2n) is 6.81. The van der Waals surface area contributed by atoms with Crippen LogP contribution in [0.15, 0.2) is 28.8 Å². The predicted octanol–water partition coefficient (Wildman–Crippen LogP) is 3.52. The first-order valence-electron chi connectivity index (χ1n) is 7.91. The summed E-state index contributed by atoms with van der Waals surface area (Å²) in [6, 6.07) is 3.55. The summed E-state index contributed by atoms with van der Waals surface area (Å²) >= 11 is 3.55. The number of hydrogen-bond acceptors (Lipinski definition) is 4. The lowest BCUT2D eigenvalue weighted by Crippen LogP contribution is -2.46. The Morgan fingerprint density at radius 2 is 2.26 bits per heavy atom. The molecule has 0 amide bonds. The number of benzene rings is 1. The zero-order chi connectivity index (χ0) is 16.6. The van der Waals surface area contributed by atoms with Crippen molar-refractivity contribution in [1.29, 1.82) is 0 Å². The average Bonchev–Trinajstić information content (AvgIpc) is 2.51. The van der Waals surface area contributed by atoms with E-state index in [-0.39, 0.29) is 16.9 Å². The first kappa shape index (κ1) is 16.5. The van der Waals surface area contributed by atoms with E-state index in [1.807, 2.05) is 0 Å². The number of ketones is 1. The van der Waals surface area contributed by atoms with Gasteiger partial charge in [0.15, 0.2) is 17.3 Å². The SMILES string of the molecule is COc1cc(Br)c(CN2CCC3(C)C=CC(=O)C[C@H]3C2)cc1O. The van der Waals surface area contributed by atoms with Crippen LogP contribution in [0.4, 0.5) is 0 Å². The van der Waals surface area contributed by atoms with Gasteiger partial charge in [-0.2, -0.15) is 0 Å². The Morgan fingerprint density at radius 1 is 1.48 bits per heavy atom. The number of phenolic OH excluding ortho intramolecular Hbond substituents is 1. The number of allylic oxidation sites excluding steroid dienone is 2. The van der Waals surface area contributed by atoms with Gasteiger partial charge in [0.1, 0.15) is 0 Å². The summed E-state index contributed by atoms with van der Waals surface area (Å²) in [5, 5.41) is 9.99. The number of likely N-dealkylation sites (tertiary alicyclic amines) is 1. The van der Waals surface area contributed by atoms with Crippen molar-refractivity contribution in [2.75, 3.05) is 20.2 Å². The van der Waals surface area contributed by atoms with E-state index in [0.717, 1.165) is 36.1 Å². The fraction of sp³-hybridized carbons (Fsp3) is 0.500. The lowest BCUT2D eigenvalue weighted by molar-refractivity contribution is -0.118. The third-order valence-electron chi connectivity index (χ3n) is 5.22. The summed E-state index contributed by atoms with van der Waals surface area (Å²) in [5.74, 6) is 1.23. The van der Waals surface area contributed by atoms with Gasteiger partial charge in [0.2, 0.25) is 0 Å². The number of piperidine rings is 1. The molecule has 1 aliphatic heterocycles. The lowest BCUT2D eigenvalue weighted by Gasteiger charge is -2.46. The Bertz CT molecular complexity index is 658. The third kappa shape index (κ3) is 3.31. The van der Waals surface area contributed by atoms with Crippen LogP contribution < -0.4 is 4.74 Å². The van der Waals surface area contributed by atoms with Crippen LogP contribution in [0.25, 0.3) is 0 Å². The Morgan fingerprint density at radius 3 is 3.00 bits per heavy atom. The fourth-order valence-electron chi connectivity index (χ4n) is 3.58. The molecule has 2 aliphatic rings. The molecule has 2 atom stereocenters. The van der Waals surface area contributed by atoms with E-state index in [4.69, 9.17) is 4.74 Å². The van der Waals surface area contributed by atoms with Crippen molar-refractivity contribution < 1.29 is 14.6 Å². The number of rotatable bonds is 3. The van der Waals surface area contributed by atoms with Crippen LogP contribution in [-0.2, 0) is 11.3 Å². The van der Waals surface area contributed by atoms with Crippen LogP contribution in [0.5, 0.6) is 11.5 Å². The summed E-state index contributed by atoms with van der Waals surface area (Å²) in [6.07, 6.45) is 5.56. The van der Waals surface area contributed by atoms with E-state index in [1.54, 1.807) is 25.3 Å². The molecule has 124 valence electrons. The molecule has 1 heterocycles. The van der Waals surface area contributed by atoms with Gasteiger partial charge in [-0.05, 0) is 48.1 Å². The van der Waals surface area contributed by atoms with E-state index in [2.05, 4.69) is 33.8 Å². The van der Waals surface area contributed by atoms with Gasteiger partial charge in [0.05, 0.1) is 7.11 Å². The number of nitrogens with zero attached hydrogens (tertiary/aromatic N) is 1. The molecule has 1 aliphatic carbocycles. The lowest BCUT2D eigenvalue weighted by atomic mass is 9.67. The fourth-order valence-corrected chi connectivity index (χ4v) is 4.03. The number of ether oxygens (including phenoxy) is 1. The number of phenols is 1. The molecule has 1 saturated heterocycles. The summed E-state index contributed by atoms with van der Waals surface area (Å²) in [5.41, 5.74) is 1.17. The van der Waals surface area contributed by atoms with E-state index in [9.17, 15) is 9.90 Å². The van der Waals surface area contributed by atoms with Gasteiger partial charge < -0.3 is 9.84 Å². The highest BCUT2D eigenvalue weighted by Crippen LogP contribution is 2.43. The standard InChI is InChI=1S/C18H22BrNO3/c1-18-4-3-14(21)8-13(18)11-20(6-5-18)10-12-7-16(22)17(23-2)9-15(12)19/h3-4,7,9,13,22H,5-6,8,10-11H2,1-2H3/t13-,18?/m0/s1. The van der Waals surface area contributed by atoms with Crippen LogP contribution in [0.1, 0.15) is 25.3 Å². The largest absolute Gasteiger partial charge is 0.504 e. The third-order valence-corrected chi connectivity index (χ3v) is 5.96. The van der Waals surface area contributed by atoms with Crippen molar-refractivity contribution in [2.45, 2.75) is 26.3 Å². The Balaban J connectivity index is 1.74. The molecular weight excluding hydrogens is 358 g/mol. The number of hydrogen-bond donors (Lipinski definition) is 1. The Kier molecular flexibility index (Phi) is 4.52. The summed E-state index contributed by atoms with van der Waals surface area (Å²) < 4.78 is 6.06. The Labute approximate surface area is 145 Å². The van der Waals surface area contributed by atoms with E-state index < -0.39 is 0 Å². The molecule has 1 aromatic rings. The van der Waals surface area contributed by atoms with Gasteiger partial charge >= 0.3 is 0 Å². The van der Waals surface area contributed by atoms with Crippen LogP contribution >= 0.6 is 15.9 Å². The van der Waals surface area contributed by atoms with Crippen LogP contribution in [0.2, 0.25) is 0 Å². The van der Waals surface area contributed by atoms with Gasteiger partial charge in [-0.15, -0.1) is 0 Å². The number of carbonyl (C=O) groups is 1. The zero-order valence-electron chi connectivity index (χ0n) is 13.5. The zero-order valence-corrected chi connectivity index (χ0v) is 15.1. The minimum absolute atomic E-state index is 0.143. The second kappa shape index (κ2) is 6.29. The van der Waals surface area contributed by atoms with Gasteiger partial charge in [-0.3, -0.25) is 9.69 Å². The summed E-state index contributed by atoms with van der Waals surface area (Å²) in [7, 11) is 1.54. The van der Waals surface area contributed by atoms with Crippen molar-refractivity contribution in [3.05, 3.63) is 34.3 Å². The highest BCUT2D eigenvalue weighted by molar-refractivity contribution is 9.10. The van der Waals surface area contributed by atoms with Crippen LogP contribution in [-0.4, -0.2) is 36.0 Å². The van der Waals surface area contributed by atoms with Gasteiger partial charge in [-0.25, -0.2) is 0 Å². The maximum Gasteiger partial charge on any atom is 0.161 e. The molecule has 5 heteroatoms. The highest BCUT2D eigenvalue weighted by atomic mass is 79.9. The molecule has 4 nitrogen and oxygen atoms in total. The van der Waals surface area contributed by atoms with E-state index in [1.165, 1.54) is 0 Å². The number of aromatic hydroxyl groups is 1. The molecule has 23 heavy (non-hydrogen) atoms. The van der Waals surface area contributed by atoms with Crippen molar-refractivity contribution in [3.8, 4) is 11.5 Å². The molecule has 1 unspecified atom stereocenters. The minimum Gasteiger partial charge on any atom is -0.504 e. The molecule has 0 spiro atoms. The van der Waals surface area contributed by atoms with E-state index >= 15 is 0 Å². The second-order valence-corrected chi connectivity index (χ2v) is 7.66. The first-order valence-corrected chi connectivity index (χ1v) is 8.70. The van der Waals surface area contributed by atoms with Crippen LogP contribution in [0, 0.1) is 11.3 Å². The molecule has 1 N–H and O–H groups in total. The monoisotopic (exact) mass is 379 g/mol. The van der Waals surface area contributed by atoms with E-state index in [0.29, 0.717) is 18.1 Å². The van der Waals surface area contributed by atoms with Crippen molar-refractivity contribution in [2.24, 2.45) is 11.3 Å². The number of carbonyl (C=O) groups excluding carboxylic acids is 1. The number of fused-ring (bicyclic) bond motifs is 1. The predicted molar refractivity (Wildman–Crippen MR) is 92.6 cm³/mol. The van der Waals surface area contributed by atoms with Crippen molar-refractivity contribution in [3.63, 3.8) is 0 Å².